The number of amides is 2. The van der Waals surface area contributed by atoms with Gasteiger partial charge >= 0.3 is 0 Å². The molecule has 3 aromatic carbocycles. The van der Waals surface area contributed by atoms with Crippen LogP contribution >= 0.6 is 0 Å². The van der Waals surface area contributed by atoms with Crippen LogP contribution in [-0.4, -0.2) is 18.4 Å². The molecule has 0 aliphatic carbocycles. The molecule has 0 bridgehead atoms. The van der Waals surface area contributed by atoms with Gasteiger partial charge in [-0.15, -0.1) is 0 Å². The molecule has 0 saturated carbocycles. The molecule has 1 heterocycles. The van der Waals surface area contributed by atoms with Gasteiger partial charge in [-0.1, -0.05) is 50.2 Å². The third-order valence-corrected chi connectivity index (χ3v) is 6.13. The molecule has 0 saturated heterocycles. The van der Waals surface area contributed by atoms with Crippen LogP contribution in [0.25, 0.3) is 0 Å². The molecule has 0 atom stereocenters. The minimum atomic E-state index is -0.152. The second kappa shape index (κ2) is 8.38. The van der Waals surface area contributed by atoms with Crippen LogP contribution < -0.4 is 10.2 Å². The molecule has 0 unspecified atom stereocenters. The summed E-state index contributed by atoms with van der Waals surface area (Å²) < 4.78 is 0. The smallest absolute Gasteiger partial charge is 0.258 e. The Morgan fingerprint density at radius 2 is 1.58 bits per heavy atom. The fourth-order valence-corrected chi connectivity index (χ4v) is 4.30. The zero-order valence-corrected chi connectivity index (χ0v) is 18.3. The van der Waals surface area contributed by atoms with Crippen LogP contribution in [0.1, 0.15) is 58.5 Å². The summed E-state index contributed by atoms with van der Waals surface area (Å²) in [6.45, 7) is 7.10. The lowest BCUT2D eigenvalue weighted by Gasteiger charge is -2.27. The summed E-state index contributed by atoms with van der Waals surface area (Å²) in [5, 5.41) is 2.92. The van der Waals surface area contributed by atoms with Crippen molar-refractivity contribution in [2.75, 3.05) is 16.8 Å². The van der Waals surface area contributed by atoms with Gasteiger partial charge in [0, 0.05) is 29.0 Å². The molecule has 4 nitrogen and oxygen atoms in total. The first-order valence-corrected chi connectivity index (χ1v) is 10.8. The molecule has 31 heavy (non-hydrogen) atoms. The van der Waals surface area contributed by atoms with Crippen molar-refractivity contribution in [3.63, 3.8) is 0 Å². The van der Waals surface area contributed by atoms with E-state index in [-0.39, 0.29) is 17.2 Å². The summed E-state index contributed by atoms with van der Waals surface area (Å²) in [5.74, 6) is -0.164. The molecule has 3 aromatic rings. The van der Waals surface area contributed by atoms with E-state index in [9.17, 15) is 9.59 Å². The molecular weight excluding hydrogens is 384 g/mol. The minimum absolute atomic E-state index is 0.0121. The van der Waals surface area contributed by atoms with E-state index in [2.05, 4.69) is 25.2 Å². The first-order chi connectivity index (χ1) is 14.9. The lowest BCUT2D eigenvalue weighted by Crippen LogP contribution is -2.32. The highest BCUT2D eigenvalue weighted by atomic mass is 16.2. The standard InChI is InChI=1S/C27H28N2O2/c1-19-9-4-5-10-22(19)25(30)28-21-15-13-20(14-16-21)26(31)29-18-8-17-27(2,3)23-11-6-7-12-24(23)29/h4-7,9-16H,8,17-18H2,1-3H3,(H,28,30). The van der Waals surface area contributed by atoms with Crippen molar-refractivity contribution >= 4 is 23.2 Å². The van der Waals surface area contributed by atoms with E-state index in [1.54, 1.807) is 30.3 Å². The van der Waals surface area contributed by atoms with E-state index >= 15 is 0 Å². The Morgan fingerprint density at radius 1 is 0.903 bits per heavy atom. The molecule has 2 amide bonds. The minimum Gasteiger partial charge on any atom is -0.322 e. The van der Waals surface area contributed by atoms with Gasteiger partial charge < -0.3 is 10.2 Å². The van der Waals surface area contributed by atoms with Gasteiger partial charge in [-0.05, 0) is 72.7 Å². The number of hydrogen-bond donors (Lipinski definition) is 1. The number of carbonyl (C=O) groups excluding carboxylic acids is 2. The molecule has 4 heteroatoms. The van der Waals surface area contributed by atoms with Crippen LogP contribution in [0.4, 0.5) is 11.4 Å². The molecule has 1 N–H and O–H groups in total. The Kier molecular flexibility index (Phi) is 5.64. The van der Waals surface area contributed by atoms with Crippen LogP contribution in [0.5, 0.6) is 0 Å². The summed E-state index contributed by atoms with van der Waals surface area (Å²) in [6.07, 6.45) is 2.00. The van der Waals surface area contributed by atoms with Gasteiger partial charge in [0.1, 0.15) is 0 Å². The number of rotatable bonds is 3. The molecule has 0 aromatic heterocycles. The number of hydrogen-bond acceptors (Lipinski definition) is 2. The zero-order valence-electron chi connectivity index (χ0n) is 18.3. The molecule has 0 fully saturated rings. The lowest BCUT2D eigenvalue weighted by molar-refractivity contribution is 0.0985. The topological polar surface area (TPSA) is 49.4 Å². The number of nitrogens with zero attached hydrogens (tertiary/aromatic N) is 1. The van der Waals surface area contributed by atoms with Gasteiger partial charge in [-0.25, -0.2) is 0 Å². The third-order valence-electron chi connectivity index (χ3n) is 6.13. The van der Waals surface area contributed by atoms with Crippen molar-refractivity contribution in [3.05, 3.63) is 95.1 Å². The summed E-state index contributed by atoms with van der Waals surface area (Å²) in [6, 6.07) is 22.8. The summed E-state index contributed by atoms with van der Waals surface area (Å²) in [5.41, 5.74) is 5.09. The Labute approximate surface area is 183 Å². The van der Waals surface area contributed by atoms with Gasteiger partial charge in [-0.3, -0.25) is 9.59 Å². The van der Waals surface area contributed by atoms with E-state index in [0.29, 0.717) is 23.4 Å². The molecular formula is C27H28N2O2. The average Bonchev–Trinajstić information content (AvgIpc) is 2.90. The first kappa shape index (κ1) is 20.9. The van der Waals surface area contributed by atoms with E-state index < -0.39 is 0 Å². The van der Waals surface area contributed by atoms with Crippen LogP contribution in [0.3, 0.4) is 0 Å². The number of carbonyl (C=O) groups is 2. The van der Waals surface area contributed by atoms with Crippen LogP contribution in [-0.2, 0) is 5.41 Å². The van der Waals surface area contributed by atoms with E-state index in [1.165, 1.54) is 5.56 Å². The Hall–Kier alpha value is -3.40. The molecule has 1 aliphatic heterocycles. The van der Waals surface area contributed by atoms with Gasteiger partial charge in [0.25, 0.3) is 11.8 Å². The average molecular weight is 413 g/mol. The fourth-order valence-electron chi connectivity index (χ4n) is 4.30. The second-order valence-electron chi connectivity index (χ2n) is 8.81. The van der Waals surface area contributed by atoms with Crippen LogP contribution in [0, 0.1) is 6.92 Å². The molecule has 0 spiro atoms. The molecule has 1 aliphatic rings. The summed E-state index contributed by atoms with van der Waals surface area (Å²) >= 11 is 0. The van der Waals surface area contributed by atoms with Crippen LogP contribution in [0.2, 0.25) is 0 Å². The number of aryl methyl sites for hydroxylation is 1. The van der Waals surface area contributed by atoms with Crippen LogP contribution in [0.15, 0.2) is 72.8 Å². The SMILES string of the molecule is Cc1ccccc1C(=O)Nc1ccc(C(=O)N2CCCC(C)(C)c3ccccc32)cc1. The van der Waals surface area contributed by atoms with Gasteiger partial charge in [0.05, 0.1) is 0 Å². The van der Waals surface area contributed by atoms with Gasteiger partial charge in [0.2, 0.25) is 0 Å². The molecule has 0 radical (unpaired) electrons. The van der Waals surface area contributed by atoms with Crippen molar-refractivity contribution in [1.82, 2.24) is 0 Å². The largest absolute Gasteiger partial charge is 0.322 e. The predicted molar refractivity (Wildman–Crippen MR) is 126 cm³/mol. The van der Waals surface area contributed by atoms with Gasteiger partial charge in [-0.2, -0.15) is 0 Å². The Morgan fingerprint density at radius 3 is 2.32 bits per heavy atom. The summed E-state index contributed by atoms with van der Waals surface area (Å²) in [7, 11) is 0. The normalized spacial score (nSPS) is 15.0. The molecule has 4 rings (SSSR count). The van der Waals surface area contributed by atoms with E-state index in [0.717, 1.165) is 24.1 Å². The monoisotopic (exact) mass is 412 g/mol. The highest BCUT2D eigenvalue weighted by Crippen LogP contribution is 2.39. The van der Waals surface area contributed by atoms with Crippen molar-refractivity contribution in [1.29, 1.82) is 0 Å². The quantitative estimate of drug-likeness (QED) is 0.576. The Balaban J connectivity index is 1.55. The fraction of sp³-hybridized carbons (Fsp3) is 0.259. The van der Waals surface area contributed by atoms with E-state index in [1.807, 2.05) is 48.2 Å². The predicted octanol–water partition coefficient (Wildman–Crippen LogP) is 5.97. The van der Waals surface area contributed by atoms with Crippen molar-refractivity contribution < 1.29 is 9.59 Å². The lowest BCUT2D eigenvalue weighted by atomic mass is 9.80. The maximum Gasteiger partial charge on any atom is 0.258 e. The Bertz CT molecular complexity index is 1120. The van der Waals surface area contributed by atoms with E-state index in [4.69, 9.17) is 0 Å². The number of para-hydroxylation sites is 1. The maximum absolute atomic E-state index is 13.4. The second-order valence-corrected chi connectivity index (χ2v) is 8.81. The van der Waals surface area contributed by atoms with Crippen molar-refractivity contribution in [2.45, 2.75) is 39.0 Å². The zero-order chi connectivity index (χ0) is 22.0. The van der Waals surface area contributed by atoms with Crippen molar-refractivity contribution in [3.8, 4) is 0 Å². The first-order valence-electron chi connectivity index (χ1n) is 10.8. The van der Waals surface area contributed by atoms with Gasteiger partial charge in [0.15, 0.2) is 0 Å². The highest BCUT2D eigenvalue weighted by molar-refractivity contribution is 6.08. The number of anilines is 2. The highest BCUT2D eigenvalue weighted by Gasteiger charge is 2.31. The number of nitrogens with one attached hydrogen (secondary N) is 1. The maximum atomic E-state index is 13.4. The summed E-state index contributed by atoms with van der Waals surface area (Å²) in [4.78, 5) is 27.8. The number of fused-ring (bicyclic) bond motifs is 1. The molecule has 158 valence electrons. The van der Waals surface area contributed by atoms with Crippen molar-refractivity contribution in [2.24, 2.45) is 0 Å². The third kappa shape index (κ3) is 4.24. The number of benzene rings is 3.